The van der Waals surface area contributed by atoms with Crippen LogP contribution in [0.15, 0.2) is 9.90 Å². The van der Waals surface area contributed by atoms with Crippen LogP contribution in [0.1, 0.15) is 5.56 Å². The first-order valence-corrected chi connectivity index (χ1v) is 4.18. The molecule has 0 bridgehead atoms. The minimum atomic E-state index is -0.475. The second kappa shape index (κ2) is 4.05. The molecule has 1 heterocycles. The van der Waals surface area contributed by atoms with Crippen molar-refractivity contribution >= 4 is 18.4 Å². The molecule has 0 unspecified atom stereocenters. The van der Waals surface area contributed by atoms with E-state index in [2.05, 4.69) is 27.3 Å². The van der Waals surface area contributed by atoms with Crippen molar-refractivity contribution in [2.24, 2.45) is 5.10 Å². The number of nitrogens with zero attached hydrogens (tertiary/aromatic N) is 2. The lowest BCUT2D eigenvalue weighted by atomic mass is 10.3. The fourth-order valence-corrected chi connectivity index (χ4v) is 0.966. The summed E-state index contributed by atoms with van der Waals surface area (Å²) >= 11 is 4.66. The summed E-state index contributed by atoms with van der Waals surface area (Å²) in [4.78, 5) is 16.0. The van der Waals surface area contributed by atoms with Gasteiger partial charge in [0.25, 0.3) is 5.56 Å². The van der Waals surface area contributed by atoms with Crippen LogP contribution in [0.2, 0.25) is 0 Å². The molecule has 0 radical (unpaired) electrons. The molecule has 3 N–H and O–H groups in total. The molecule has 0 aliphatic rings. The Morgan fingerprint density at radius 3 is 2.64 bits per heavy atom. The zero-order chi connectivity index (χ0) is 10.7. The van der Waals surface area contributed by atoms with Gasteiger partial charge < -0.3 is 15.1 Å². The molecule has 0 amide bonds. The molecule has 7 heteroatoms. The molecular formula is C7H10N4O2S. The molecule has 76 valence electrons. The monoisotopic (exact) mass is 214 g/mol. The second-order valence-corrected chi connectivity index (χ2v) is 3.17. The van der Waals surface area contributed by atoms with Gasteiger partial charge in [-0.25, -0.2) is 0 Å². The van der Waals surface area contributed by atoms with Gasteiger partial charge in [0.05, 0.1) is 6.21 Å². The molecule has 0 spiro atoms. The molecule has 0 saturated carbocycles. The standard InChI is InChI=1S/C7H10N4O2S/c1-11(2)8-3-4-5(12)9-7(14)10-6(4)13/h3H,1-2H3,(H3,9,10,12,13,14). The topological polar surface area (TPSA) is 84.5 Å². The maximum Gasteiger partial charge on any atom is 0.264 e. The van der Waals surface area contributed by atoms with Crippen LogP contribution in [-0.2, 0) is 0 Å². The average molecular weight is 214 g/mol. The molecule has 1 aromatic rings. The molecule has 0 aliphatic carbocycles. The van der Waals surface area contributed by atoms with E-state index in [1.165, 1.54) is 11.2 Å². The number of aromatic amines is 2. The van der Waals surface area contributed by atoms with E-state index in [-0.39, 0.29) is 16.2 Å². The summed E-state index contributed by atoms with van der Waals surface area (Å²) in [6, 6.07) is 0. The Morgan fingerprint density at radius 1 is 1.50 bits per heavy atom. The van der Waals surface area contributed by atoms with Crippen molar-refractivity contribution in [1.29, 1.82) is 0 Å². The fourth-order valence-electron chi connectivity index (χ4n) is 0.777. The van der Waals surface area contributed by atoms with Crippen molar-refractivity contribution in [3.63, 3.8) is 0 Å². The van der Waals surface area contributed by atoms with Crippen LogP contribution in [-0.4, -0.2) is 40.4 Å². The molecule has 0 aromatic carbocycles. The van der Waals surface area contributed by atoms with Gasteiger partial charge in [0.2, 0.25) is 5.88 Å². The Bertz CT molecular complexity index is 459. The molecule has 6 nitrogen and oxygen atoms in total. The van der Waals surface area contributed by atoms with Gasteiger partial charge in [-0.15, -0.1) is 0 Å². The highest BCUT2D eigenvalue weighted by Gasteiger charge is 2.03. The van der Waals surface area contributed by atoms with Crippen molar-refractivity contribution in [2.45, 2.75) is 0 Å². The molecule has 1 rings (SSSR count). The van der Waals surface area contributed by atoms with Crippen LogP contribution in [0.25, 0.3) is 0 Å². The lowest BCUT2D eigenvalue weighted by molar-refractivity contribution is 0.436. The van der Waals surface area contributed by atoms with Gasteiger partial charge in [0.15, 0.2) is 4.77 Å². The van der Waals surface area contributed by atoms with Gasteiger partial charge in [-0.2, -0.15) is 5.10 Å². The Labute approximate surface area is 84.9 Å². The second-order valence-electron chi connectivity index (χ2n) is 2.76. The maximum atomic E-state index is 11.3. The van der Waals surface area contributed by atoms with E-state index in [9.17, 15) is 9.90 Å². The summed E-state index contributed by atoms with van der Waals surface area (Å²) in [5.74, 6) is -0.288. The first-order chi connectivity index (χ1) is 6.50. The minimum absolute atomic E-state index is 0.0484. The number of rotatable bonds is 2. The summed E-state index contributed by atoms with van der Waals surface area (Å²) in [6.07, 6.45) is 1.25. The zero-order valence-electron chi connectivity index (χ0n) is 7.74. The van der Waals surface area contributed by atoms with E-state index < -0.39 is 5.56 Å². The predicted molar refractivity (Wildman–Crippen MR) is 55.2 cm³/mol. The molecule has 0 aliphatic heterocycles. The van der Waals surface area contributed by atoms with Gasteiger partial charge >= 0.3 is 0 Å². The predicted octanol–water partition coefficient (Wildman–Crippen LogP) is 0.0336. The minimum Gasteiger partial charge on any atom is -0.494 e. The van der Waals surface area contributed by atoms with Gasteiger partial charge in [0.1, 0.15) is 5.56 Å². The van der Waals surface area contributed by atoms with Crippen LogP contribution in [0.4, 0.5) is 0 Å². The van der Waals surface area contributed by atoms with Crippen LogP contribution < -0.4 is 5.56 Å². The lowest BCUT2D eigenvalue weighted by Crippen LogP contribution is -2.14. The van der Waals surface area contributed by atoms with E-state index >= 15 is 0 Å². The number of hydrogen-bond donors (Lipinski definition) is 3. The fraction of sp³-hybridized carbons (Fsp3) is 0.286. The first-order valence-electron chi connectivity index (χ1n) is 3.77. The highest BCUT2D eigenvalue weighted by molar-refractivity contribution is 7.71. The van der Waals surface area contributed by atoms with Gasteiger partial charge in [0, 0.05) is 14.1 Å². The average Bonchev–Trinajstić information content (AvgIpc) is 2.01. The van der Waals surface area contributed by atoms with Crippen LogP contribution >= 0.6 is 12.2 Å². The number of aromatic nitrogens is 2. The smallest absolute Gasteiger partial charge is 0.264 e. The van der Waals surface area contributed by atoms with E-state index in [1.54, 1.807) is 14.1 Å². The van der Waals surface area contributed by atoms with Crippen molar-refractivity contribution in [1.82, 2.24) is 15.0 Å². The first kappa shape index (κ1) is 10.5. The van der Waals surface area contributed by atoms with Crippen LogP contribution in [0, 0.1) is 4.77 Å². The molecule has 14 heavy (non-hydrogen) atoms. The van der Waals surface area contributed by atoms with E-state index in [4.69, 9.17) is 0 Å². The summed E-state index contributed by atoms with van der Waals surface area (Å²) in [6.45, 7) is 0. The highest BCUT2D eigenvalue weighted by atomic mass is 32.1. The third-order valence-corrected chi connectivity index (χ3v) is 1.58. The summed E-state index contributed by atoms with van der Waals surface area (Å²) in [7, 11) is 3.40. The Kier molecular flexibility index (Phi) is 3.03. The SMILES string of the molecule is CN(C)N=Cc1c(O)[nH]c(=S)[nH]c1=O. The molecule has 0 fully saturated rings. The summed E-state index contributed by atoms with van der Waals surface area (Å²) < 4.78 is 0.0782. The van der Waals surface area contributed by atoms with E-state index in [1.807, 2.05) is 0 Å². The van der Waals surface area contributed by atoms with Gasteiger partial charge in [-0.05, 0) is 12.2 Å². The zero-order valence-corrected chi connectivity index (χ0v) is 8.55. The van der Waals surface area contributed by atoms with Crippen molar-refractivity contribution in [3.8, 4) is 5.88 Å². The van der Waals surface area contributed by atoms with Gasteiger partial charge in [-0.3, -0.25) is 9.78 Å². The summed E-state index contributed by atoms with van der Waals surface area (Å²) in [5.41, 5.74) is -0.427. The summed E-state index contributed by atoms with van der Waals surface area (Å²) in [5, 5.41) is 14.7. The third-order valence-electron chi connectivity index (χ3n) is 1.38. The maximum absolute atomic E-state index is 11.3. The quantitative estimate of drug-likeness (QED) is 0.368. The van der Waals surface area contributed by atoms with Gasteiger partial charge in [-0.1, -0.05) is 0 Å². The number of aromatic hydroxyl groups is 1. The van der Waals surface area contributed by atoms with E-state index in [0.29, 0.717) is 0 Å². The third kappa shape index (κ3) is 2.43. The van der Waals surface area contributed by atoms with Crippen molar-refractivity contribution in [3.05, 3.63) is 20.7 Å². The number of nitrogens with one attached hydrogen (secondary N) is 2. The van der Waals surface area contributed by atoms with Crippen LogP contribution in [0.3, 0.4) is 0 Å². The Balaban J connectivity index is 3.22. The normalized spacial score (nSPS) is 10.7. The highest BCUT2D eigenvalue weighted by Crippen LogP contribution is 2.03. The van der Waals surface area contributed by atoms with Crippen LogP contribution in [0.5, 0.6) is 5.88 Å². The van der Waals surface area contributed by atoms with E-state index in [0.717, 1.165) is 0 Å². The lowest BCUT2D eigenvalue weighted by Gasteiger charge is -2.02. The molecule has 0 saturated heterocycles. The number of hydrazone groups is 1. The number of hydrogen-bond acceptors (Lipinski definition) is 5. The number of H-pyrrole nitrogens is 2. The van der Waals surface area contributed by atoms with Crippen molar-refractivity contribution in [2.75, 3.05) is 14.1 Å². The Morgan fingerprint density at radius 2 is 2.14 bits per heavy atom. The molecule has 0 atom stereocenters. The molecular weight excluding hydrogens is 204 g/mol. The largest absolute Gasteiger partial charge is 0.494 e. The van der Waals surface area contributed by atoms with Crippen molar-refractivity contribution < 1.29 is 5.11 Å². The molecule has 1 aromatic heterocycles. The Hall–Kier alpha value is -1.63.